The number of carboxylic acids is 1. The average molecular weight is 309 g/mol. The zero-order valence-electron chi connectivity index (χ0n) is 11.9. The molecule has 0 spiro atoms. The lowest BCUT2D eigenvalue weighted by Gasteiger charge is -2.10. The van der Waals surface area contributed by atoms with Crippen LogP contribution in [-0.4, -0.2) is 28.2 Å². The van der Waals surface area contributed by atoms with E-state index in [9.17, 15) is 18.4 Å². The van der Waals surface area contributed by atoms with Crippen LogP contribution in [0.1, 0.15) is 33.3 Å². The highest BCUT2D eigenvalue weighted by molar-refractivity contribution is 5.93. The van der Waals surface area contributed by atoms with Crippen LogP contribution in [-0.2, 0) is 4.74 Å². The fraction of sp³-hybridized carbons (Fsp3) is 0.200. The maximum atomic E-state index is 13.5. The number of carbonyl (C=O) groups is 2. The third-order valence-electron chi connectivity index (χ3n) is 3.05. The lowest BCUT2D eigenvalue weighted by Crippen LogP contribution is -2.08. The quantitative estimate of drug-likeness (QED) is 0.882. The van der Waals surface area contributed by atoms with Gasteiger partial charge >= 0.3 is 11.9 Å². The molecule has 0 aliphatic rings. The first kappa shape index (κ1) is 15.7. The monoisotopic (exact) mass is 309 g/mol. The van der Waals surface area contributed by atoms with Crippen LogP contribution in [0.15, 0.2) is 24.4 Å². The van der Waals surface area contributed by atoms with Gasteiger partial charge in [0.15, 0.2) is 11.6 Å². The second-order valence-electron chi connectivity index (χ2n) is 4.55. The maximum Gasteiger partial charge on any atom is 0.339 e. The first-order valence-corrected chi connectivity index (χ1v) is 6.44. The Morgan fingerprint density at radius 1 is 1.23 bits per heavy atom. The van der Waals surface area contributed by atoms with Crippen molar-refractivity contribution in [1.82, 2.24) is 4.57 Å². The van der Waals surface area contributed by atoms with E-state index in [1.54, 1.807) is 13.8 Å². The number of hydrogen-bond donors (Lipinski definition) is 1. The van der Waals surface area contributed by atoms with Crippen molar-refractivity contribution in [3.05, 3.63) is 52.9 Å². The molecule has 116 valence electrons. The summed E-state index contributed by atoms with van der Waals surface area (Å²) in [5.74, 6) is -4.41. The molecule has 0 atom stereocenters. The number of aromatic nitrogens is 1. The largest absolute Gasteiger partial charge is 0.478 e. The molecule has 0 aliphatic carbocycles. The Bertz CT molecular complexity index is 752. The lowest BCUT2D eigenvalue weighted by atomic mass is 10.1. The van der Waals surface area contributed by atoms with E-state index in [1.807, 2.05) is 0 Å². The highest BCUT2D eigenvalue weighted by Crippen LogP contribution is 2.23. The second-order valence-corrected chi connectivity index (χ2v) is 4.55. The molecule has 1 aromatic heterocycles. The number of aryl methyl sites for hydroxylation is 1. The fourth-order valence-electron chi connectivity index (χ4n) is 2.07. The summed E-state index contributed by atoms with van der Waals surface area (Å²) >= 11 is 0. The van der Waals surface area contributed by atoms with E-state index in [2.05, 4.69) is 0 Å². The van der Waals surface area contributed by atoms with Crippen molar-refractivity contribution in [2.24, 2.45) is 0 Å². The number of carbonyl (C=O) groups excluding carboxylic acids is 1. The van der Waals surface area contributed by atoms with E-state index in [1.165, 1.54) is 16.8 Å². The number of carboxylic acid groups (broad SMARTS) is 1. The van der Waals surface area contributed by atoms with Gasteiger partial charge in [0.05, 0.1) is 23.4 Å². The first-order chi connectivity index (χ1) is 10.3. The van der Waals surface area contributed by atoms with Crippen LogP contribution in [0.3, 0.4) is 0 Å². The molecule has 0 unspecified atom stereocenters. The SMILES string of the molecule is CCOC(=O)c1cc(C)n(-c2cc(F)c(F)cc2C(=O)O)c1. The molecule has 1 N–H and O–H groups in total. The second kappa shape index (κ2) is 5.97. The Hall–Kier alpha value is -2.70. The standard InChI is InChI=1S/C15H13F2NO4/c1-3-22-15(21)9-4-8(2)18(7-9)13-6-12(17)11(16)5-10(13)14(19)20/h4-7H,3H2,1-2H3,(H,19,20). The molecule has 5 nitrogen and oxygen atoms in total. The van der Waals surface area contributed by atoms with E-state index in [0.29, 0.717) is 11.8 Å². The summed E-state index contributed by atoms with van der Waals surface area (Å²) in [5, 5.41) is 9.14. The van der Waals surface area contributed by atoms with Gasteiger partial charge in [0, 0.05) is 18.0 Å². The van der Waals surface area contributed by atoms with Crippen molar-refractivity contribution in [3.8, 4) is 5.69 Å². The van der Waals surface area contributed by atoms with Gasteiger partial charge in [-0.05, 0) is 26.0 Å². The molecule has 0 radical (unpaired) electrons. The molecular formula is C15H13F2NO4. The van der Waals surface area contributed by atoms with Crippen LogP contribution in [0, 0.1) is 18.6 Å². The van der Waals surface area contributed by atoms with Crippen molar-refractivity contribution in [1.29, 1.82) is 0 Å². The Morgan fingerprint density at radius 2 is 1.86 bits per heavy atom. The normalized spacial score (nSPS) is 10.5. The molecule has 1 aromatic carbocycles. The Balaban J connectivity index is 2.59. The third-order valence-corrected chi connectivity index (χ3v) is 3.05. The lowest BCUT2D eigenvalue weighted by molar-refractivity contribution is 0.0526. The fourth-order valence-corrected chi connectivity index (χ4v) is 2.07. The summed E-state index contributed by atoms with van der Waals surface area (Å²) in [6, 6.07) is 2.86. The van der Waals surface area contributed by atoms with Crippen molar-refractivity contribution in [2.75, 3.05) is 6.61 Å². The molecule has 0 saturated heterocycles. The molecule has 22 heavy (non-hydrogen) atoms. The molecule has 7 heteroatoms. The minimum Gasteiger partial charge on any atom is -0.478 e. The Labute approximate surface area is 124 Å². The number of halogens is 2. The molecule has 0 bridgehead atoms. The highest BCUT2D eigenvalue weighted by atomic mass is 19.2. The van der Waals surface area contributed by atoms with Gasteiger partial charge < -0.3 is 14.4 Å². The predicted molar refractivity (Wildman–Crippen MR) is 73.3 cm³/mol. The van der Waals surface area contributed by atoms with Crippen molar-refractivity contribution in [3.63, 3.8) is 0 Å². The maximum absolute atomic E-state index is 13.5. The minimum absolute atomic E-state index is 0.0700. The molecule has 0 fully saturated rings. The van der Waals surface area contributed by atoms with Gasteiger partial charge in [-0.3, -0.25) is 0 Å². The molecule has 0 aliphatic heterocycles. The van der Waals surface area contributed by atoms with Gasteiger partial charge in [0.2, 0.25) is 0 Å². The zero-order chi connectivity index (χ0) is 16.4. The minimum atomic E-state index is -1.40. The van der Waals surface area contributed by atoms with E-state index in [0.717, 1.165) is 6.07 Å². The van der Waals surface area contributed by atoms with Gasteiger partial charge in [-0.15, -0.1) is 0 Å². The van der Waals surface area contributed by atoms with Gasteiger partial charge in [-0.1, -0.05) is 0 Å². The molecule has 0 amide bonds. The number of esters is 1. The van der Waals surface area contributed by atoms with Gasteiger partial charge in [-0.2, -0.15) is 0 Å². The zero-order valence-corrected chi connectivity index (χ0v) is 11.9. The molecule has 2 rings (SSSR count). The van der Waals surface area contributed by atoms with Crippen molar-refractivity contribution in [2.45, 2.75) is 13.8 Å². The number of benzene rings is 1. The van der Waals surface area contributed by atoms with Gasteiger partial charge in [0.1, 0.15) is 0 Å². The van der Waals surface area contributed by atoms with E-state index < -0.39 is 29.1 Å². The van der Waals surface area contributed by atoms with Crippen LogP contribution in [0.2, 0.25) is 0 Å². The predicted octanol–water partition coefficient (Wildman–Crippen LogP) is 2.94. The molecule has 0 saturated carbocycles. The van der Waals surface area contributed by atoms with E-state index >= 15 is 0 Å². The highest BCUT2D eigenvalue weighted by Gasteiger charge is 2.19. The van der Waals surface area contributed by atoms with Crippen LogP contribution in [0.4, 0.5) is 8.78 Å². The van der Waals surface area contributed by atoms with Crippen LogP contribution < -0.4 is 0 Å². The number of hydrogen-bond acceptors (Lipinski definition) is 3. The summed E-state index contributed by atoms with van der Waals surface area (Å²) < 4.78 is 32.9. The third kappa shape index (κ3) is 2.83. The van der Waals surface area contributed by atoms with Gasteiger partial charge in [-0.25, -0.2) is 18.4 Å². The number of nitrogens with zero attached hydrogens (tertiary/aromatic N) is 1. The van der Waals surface area contributed by atoms with Crippen molar-refractivity contribution >= 4 is 11.9 Å². The molecule has 2 aromatic rings. The molecule has 1 heterocycles. The number of ether oxygens (including phenoxy) is 1. The Kier molecular flexibility index (Phi) is 4.25. The smallest absolute Gasteiger partial charge is 0.339 e. The summed E-state index contributed by atoms with van der Waals surface area (Å²) in [5.41, 5.74) is 0.199. The number of rotatable bonds is 4. The van der Waals surface area contributed by atoms with E-state index in [-0.39, 0.29) is 17.9 Å². The summed E-state index contributed by atoms with van der Waals surface area (Å²) in [4.78, 5) is 22.9. The van der Waals surface area contributed by atoms with Crippen LogP contribution in [0.5, 0.6) is 0 Å². The molecular weight excluding hydrogens is 296 g/mol. The summed E-state index contributed by atoms with van der Waals surface area (Å²) in [7, 11) is 0. The van der Waals surface area contributed by atoms with E-state index in [4.69, 9.17) is 9.84 Å². The Morgan fingerprint density at radius 3 is 2.45 bits per heavy atom. The topological polar surface area (TPSA) is 68.5 Å². The summed E-state index contributed by atoms with van der Waals surface area (Å²) in [6.45, 7) is 3.45. The van der Waals surface area contributed by atoms with Crippen molar-refractivity contribution < 1.29 is 28.2 Å². The van der Waals surface area contributed by atoms with Crippen LogP contribution in [0.25, 0.3) is 5.69 Å². The van der Waals surface area contributed by atoms with Crippen LogP contribution >= 0.6 is 0 Å². The first-order valence-electron chi connectivity index (χ1n) is 6.44. The van der Waals surface area contributed by atoms with Gasteiger partial charge in [0.25, 0.3) is 0 Å². The average Bonchev–Trinajstić information content (AvgIpc) is 2.83. The summed E-state index contributed by atoms with van der Waals surface area (Å²) in [6.07, 6.45) is 1.33. The number of aromatic carboxylic acids is 1.